The summed E-state index contributed by atoms with van der Waals surface area (Å²) >= 11 is 0. The van der Waals surface area contributed by atoms with E-state index in [-0.39, 0.29) is 30.3 Å². The maximum atomic E-state index is 12.3. The van der Waals surface area contributed by atoms with E-state index < -0.39 is 0 Å². The van der Waals surface area contributed by atoms with Gasteiger partial charge in [0.25, 0.3) is 0 Å². The first-order valence-electron chi connectivity index (χ1n) is 7.84. The normalized spacial score (nSPS) is 26.3. The third kappa shape index (κ3) is 5.47. The molecule has 2 amide bonds. The second kappa shape index (κ2) is 8.59. The lowest BCUT2D eigenvalue weighted by Crippen LogP contribution is -2.42. The van der Waals surface area contributed by atoms with Gasteiger partial charge in [-0.05, 0) is 37.5 Å². The predicted molar refractivity (Wildman–Crippen MR) is 85.2 cm³/mol. The Balaban J connectivity index is 0.00000220. The van der Waals surface area contributed by atoms with Crippen molar-refractivity contribution in [1.82, 2.24) is 10.2 Å². The quantitative estimate of drug-likeness (QED) is 0.820. The Kier molecular flexibility index (Phi) is 7.46. The van der Waals surface area contributed by atoms with Crippen LogP contribution in [0.1, 0.15) is 45.4 Å². The molecule has 3 N–H and O–H groups in total. The minimum absolute atomic E-state index is 0. The number of hydrogen-bond donors (Lipinski definition) is 2. The minimum Gasteiger partial charge on any atom is -0.356 e. The monoisotopic (exact) mass is 317 g/mol. The first-order chi connectivity index (χ1) is 9.56. The van der Waals surface area contributed by atoms with Gasteiger partial charge in [-0.2, -0.15) is 0 Å². The van der Waals surface area contributed by atoms with Gasteiger partial charge in [0.15, 0.2) is 0 Å². The molecule has 122 valence electrons. The summed E-state index contributed by atoms with van der Waals surface area (Å²) in [5.74, 6) is 1.19. The number of rotatable bonds is 4. The molecule has 0 aromatic heterocycles. The van der Waals surface area contributed by atoms with E-state index in [2.05, 4.69) is 5.32 Å². The van der Waals surface area contributed by atoms with Gasteiger partial charge in [-0.1, -0.05) is 6.42 Å². The highest BCUT2D eigenvalue weighted by Gasteiger charge is 2.29. The molecule has 2 atom stereocenters. The summed E-state index contributed by atoms with van der Waals surface area (Å²) in [7, 11) is 0. The molecule has 0 radical (unpaired) electrons. The van der Waals surface area contributed by atoms with Crippen LogP contribution in [0.25, 0.3) is 0 Å². The fraction of sp³-hybridized carbons (Fsp3) is 0.867. The van der Waals surface area contributed by atoms with Gasteiger partial charge in [0.05, 0.1) is 0 Å². The molecule has 0 aromatic carbocycles. The van der Waals surface area contributed by atoms with Gasteiger partial charge in [-0.25, -0.2) is 0 Å². The van der Waals surface area contributed by atoms with E-state index in [1.165, 1.54) is 0 Å². The van der Waals surface area contributed by atoms with E-state index in [0.717, 1.165) is 51.7 Å². The topological polar surface area (TPSA) is 75.4 Å². The van der Waals surface area contributed by atoms with Crippen molar-refractivity contribution in [1.29, 1.82) is 0 Å². The SMILES string of the molecule is CC(=O)NCC1CCN(C(=O)C[C@@H]2CCC[C@H]2N)CC1.Cl. The zero-order valence-corrected chi connectivity index (χ0v) is 13.7. The summed E-state index contributed by atoms with van der Waals surface area (Å²) in [6.45, 7) is 3.93. The van der Waals surface area contributed by atoms with E-state index in [1.807, 2.05) is 4.90 Å². The number of carbonyl (C=O) groups excluding carboxylic acids is 2. The highest BCUT2D eigenvalue weighted by Crippen LogP contribution is 2.28. The number of nitrogens with zero attached hydrogens (tertiary/aromatic N) is 1. The second-order valence-electron chi connectivity index (χ2n) is 6.32. The standard InChI is InChI=1S/C15H27N3O2.ClH/c1-11(19)17-10-12-5-7-18(8-6-12)15(20)9-13-3-2-4-14(13)16;/h12-14H,2-10,16H2,1H3,(H,17,19);1H/t13-,14+;/m0./s1. The van der Waals surface area contributed by atoms with Gasteiger partial charge < -0.3 is 16.0 Å². The van der Waals surface area contributed by atoms with Gasteiger partial charge in [0.2, 0.25) is 11.8 Å². The lowest BCUT2D eigenvalue weighted by atomic mass is 9.95. The number of nitrogens with one attached hydrogen (secondary N) is 1. The number of hydrogen-bond acceptors (Lipinski definition) is 3. The van der Waals surface area contributed by atoms with E-state index in [9.17, 15) is 9.59 Å². The summed E-state index contributed by atoms with van der Waals surface area (Å²) < 4.78 is 0. The zero-order chi connectivity index (χ0) is 14.5. The summed E-state index contributed by atoms with van der Waals surface area (Å²) in [5, 5.41) is 2.86. The highest BCUT2D eigenvalue weighted by atomic mass is 35.5. The van der Waals surface area contributed by atoms with E-state index in [1.54, 1.807) is 6.92 Å². The zero-order valence-electron chi connectivity index (χ0n) is 12.8. The predicted octanol–water partition coefficient (Wildman–Crippen LogP) is 1.30. The second-order valence-corrected chi connectivity index (χ2v) is 6.32. The van der Waals surface area contributed by atoms with Crippen LogP contribution in [0.4, 0.5) is 0 Å². The average Bonchev–Trinajstić information content (AvgIpc) is 2.82. The first-order valence-corrected chi connectivity index (χ1v) is 7.84. The Morgan fingerprint density at radius 3 is 2.38 bits per heavy atom. The van der Waals surface area contributed by atoms with Gasteiger partial charge in [-0.3, -0.25) is 9.59 Å². The number of likely N-dealkylation sites (tertiary alicyclic amines) is 1. The summed E-state index contributed by atoms with van der Waals surface area (Å²) in [4.78, 5) is 25.2. The van der Waals surface area contributed by atoms with Crippen molar-refractivity contribution in [3.63, 3.8) is 0 Å². The minimum atomic E-state index is 0. The molecular formula is C15H28ClN3O2. The molecule has 2 rings (SSSR count). The Morgan fingerprint density at radius 1 is 1.19 bits per heavy atom. The Morgan fingerprint density at radius 2 is 1.86 bits per heavy atom. The van der Waals surface area contributed by atoms with E-state index in [4.69, 9.17) is 5.73 Å². The third-order valence-electron chi connectivity index (χ3n) is 4.76. The lowest BCUT2D eigenvalue weighted by molar-refractivity contribution is -0.133. The van der Waals surface area contributed by atoms with Crippen molar-refractivity contribution in [2.45, 2.75) is 51.5 Å². The van der Waals surface area contributed by atoms with Crippen LogP contribution in [0.5, 0.6) is 0 Å². The third-order valence-corrected chi connectivity index (χ3v) is 4.76. The molecule has 1 heterocycles. The number of halogens is 1. The van der Waals surface area contributed by atoms with Crippen LogP contribution in [-0.2, 0) is 9.59 Å². The van der Waals surface area contributed by atoms with Crippen molar-refractivity contribution < 1.29 is 9.59 Å². The highest BCUT2D eigenvalue weighted by molar-refractivity contribution is 5.85. The molecule has 1 saturated heterocycles. The summed E-state index contributed by atoms with van der Waals surface area (Å²) in [6, 6.07) is 0.219. The molecule has 0 spiro atoms. The molecule has 5 nitrogen and oxygen atoms in total. The van der Waals surface area contributed by atoms with Gasteiger partial charge in [0, 0.05) is 39.0 Å². The first kappa shape index (κ1) is 18.2. The fourth-order valence-electron chi connectivity index (χ4n) is 3.35. The largest absolute Gasteiger partial charge is 0.356 e. The van der Waals surface area contributed by atoms with Gasteiger partial charge in [0.1, 0.15) is 0 Å². The molecule has 6 heteroatoms. The van der Waals surface area contributed by atoms with Crippen molar-refractivity contribution in [3.8, 4) is 0 Å². The number of piperidine rings is 1. The van der Waals surface area contributed by atoms with Crippen LogP contribution in [0, 0.1) is 11.8 Å². The van der Waals surface area contributed by atoms with Crippen LogP contribution in [0.2, 0.25) is 0 Å². The average molecular weight is 318 g/mol. The lowest BCUT2D eigenvalue weighted by Gasteiger charge is -2.33. The van der Waals surface area contributed by atoms with Crippen molar-refractivity contribution in [2.75, 3.05) is 19.6 Å². The molecule has 0 bridgehead atoms. The van der Waals surface area contributed by atoms with Crippen LogP contribution >= 0.6 is 12.4 Å². The van der Waals surface area contributed by atoms with Crippen molar-refractivity contribution in [2.24, 2.45) is 17.6 Å². The maximum absolute atomic E-state index is 12.3. The number of amides is 2. The molecule has 0 aromatic rings. The van der Waals surface area contributed by atoms with Crippen LogP contribution in [0.3, 0.4) is 0 Å². The van der Waals surface area contributed by atoms with Crippen LogP contribution < -0.4 is 11.1 Å². The Hall–Kier alpha value is -0.810. The smallest absolute Gasteiger partial charge is 0.222 e. The summed E-state index contributed by atoms with van der Waals surface area (Å²) in [6.07, 6.45) is 5.93. The Bertz CT molecular complexity index is 357. The molecule has 1 aliphatic heterocycles. The van der Waals surface area contributed by atoms with Gasteiger partial charge >= 0.3 is 0 Å². The molecule has 21 heavy (non-hydrogen) atoms. The maximum Gasteiger partial charge on any atom is 0.222 e. The molecule has 2 fully saturated rings. The Labute approximate surface area is 133 Å². The summed E-state index contributed by atoms with van der Waals surface area (Å²) in [5.41, 5.74) is 6.04. The van der Waals surface area contributed by atoms with Crippen molar-refractivity contribution in [3.05, 3.63) is 0 Å². The van der Waals surface area contributed by atoms with Crippen LogP contribution in [-0.4, -0.2) is 42.4 Å². The number of nitrogens with two attached hydrogens (primary N) is 1. The van der Waals surface area contributed by atoms with E-state index in [0.29, 0.717) is 18.3 Å². The van der Waals surface area contributed by atoms with Crippen LogP contribution in [0.15, 0.2) is 0 Å². The fourth-order valence-corrected chi connectivity index (χ4v) is 3.35. The van der Waals surface area contributed by atoms with E-state index >= 15 is 0 Å². The number of carbonyl (C=O) groups is 2. The molecule has 0 unspecified atom stereocenters. The van der Waals surface area contributed by atoms with Gasteiger partial charge in [-0.15, -0.1) is 12.4 Å². The molecule has 2 aliphatic rings. The molecule has 1 aliphatic carbocycles. The molecular weight excluding hydrogens is 290 g/mol. The van der Waals surface area contributed by atoms with Crippen molar-refractivity contribution >= 4 is 24.2 Å². The molecule has 1 saturated carbocycles.